The van der Waals surface area contributed by atoms with Gasteiger partial charge < -0.3 is 10.2 Å². The van der Waals surface area contributed by atoms with Crippen molar-refractivity contribution in [1.82, 2.24) is 9.97 Å². The van der Waals surface area contributed by atoms with Gasteiger partial charge in [-0.05, 0) is 36.1 Å². The Kier molecular flexibility index (Phi) is 2.98. The SMILES string of the molecule is ON=CC1=Cc2cc(Cc3ncc[nH]3)sc2CC1. The molecule has 0 unspecified atom stereocenters. The van der Waals surface area contributed by atoms with Crippen molar-refractivity contribution in [3.63, 3.8) is 0 Å². The molecule has 0 bridgehead atoms. The van der Waals surface area contributed by atoms with E-state index in [1.54, 1.807) is 6.20 Å². The Morgan fingerprint density at radius 1 is 1.50 bits per heavy atom. The third kappa shape index (κ3) is 2.22. The Labute approximate surface area is 109 Å². The lowest BCUT2D eigenvalue weighted by Gasteiger charge is -2.07. The predicted molar refractivity (Wildman–Crippen MR) is 72.3 cm³/mol. The summed E-state index contributed by atoms with van der Waals surface area (Å²) < 4.78 is 0. The summed E-state index contributed by atoms with van der Waals surface area (Å²) in [6.45, 7) is 0. The number of hydrogen-bond acceptors (Lipinski definition) is 4. The molecule has 1 aliphatic rings. The molecule has 0 aliphatic heterocycles. The number of H-pyrrole nitrogens is 1. The van der Waals surface area contributed by atoms with Crippen LogP contribution in [-0.2, 0) is 12.8 Å². The first-order chi connectivity index (χ1) is 8.85. The van der Waals surface area contributed by atoms with Gasteiger partial charge >= 0.3 is 0 Å². The predicted octanol–water partition coefficient (Wildman–Crippen LogP) is 2.85. The van der Waals surface area contributed by atoms with Gasteiger partial charge in [-0.25, -0.2) is 4.98 Å². The van der Waals surface area contributed by atoms with Crippen LogP contribution in [0.25, 0.3) is 6.08 Å². The molecular weight excluding hydrogens is 246 g/mol. The number of aromatic nitrogens is 2. The van der Waals surface area contributed by atoms with E-state index in [0.29, 0.717) is 0 Å². The molecule has 0 radical (unpaired) electrons. The minimum atomic E-state index is 0.849. The van der Waals surface area contributed by atoms with Crippen molar-refractivity contribution >= 4 is 23.6 Å². The number of nitrogens with one attached hydrogen (secondary N) is 1. The number of nitrogens with zero attached hydrogens (tertiary/aromatic N) is 2. The van der Waals surface area contributed by atoms with Gasteiger partial charge in [0, 0.05) is 28.6 Å². The molecule has 0 spiro atoms. The van der Waals surface area contributed by atoms with Gasteiger partial charge in [0.1, 0.15) is 5.82 Å². The van der Waals surface area contributed by atoms with E-state index in [-0.39, 0.29) is 0 Å². The summed E-state index contributed by atoms with van der Waals surface area (Å²) >= 11 is 1.84. The summed E-state index contributed by atoms with van der Waals surface area (Å²) in [5, 5.41) is 11.7. The van der Waals surface area contributed by atoms with Crippen molar-refractivity contribution < 1.29 is 5.21 Å². The average molecular weight is 259 g/mol. The molecule has 4 nitrogen and oxygen atoms in total. The number of rotatable bonds is 3. The fourth-order valence-electron chi connectivity index (χ4n) is 2.17. The zero-order valence-electron chi connectivity index (χ0n) is 9.76. The Balaban J connectivity index is 1.85. The van der Waals surface area contributed by atoms with Crippen molar-refractivity contribution in [2.24, 2.45) is 5.16 Å². The van der Waals surface area contributed by atoms with Crippen molar-refractivity contribution in [3.05, 3.63) is 45.2 Å². The first-order valence-electron chi connectivity index (χ1n) is 5.83. The zero-order chi connectivity index (χ0) is 12.4. The van der Waals surface area contributed by atoms with Gasteiger partial charge in [-0.1, -0.05) is 5.16 Å². The second-order valence-electron chi connectivity index (χ2n) is 4.27. The molecule has 0 amide bonds. The molecule has 2 aromatic heterocycles. The van der Waals surface area contributed by atoms with Crippen LogP contribution in [0.2, 0.25) is 0 Å². The van der Waals surface area contributed by atoms with Crippen molar-refractivity contribution in [2.75, 3.05) is 0 Å². The topological polar surface area (TPSA) is 61.3 Å². The standard InChI is InChI=1S/C13H13N3OS/c17-16-8-9-1-2-12-10(5-9)6-11(18-12)7-13-14-3-4-15-13/h3-6,8,17H,1-2,7H2,(H,14,15). The van der Waals surface area contributed by atoms with E-state index in [9.17, 15) is 0 Å². The number of allylic oxidation sites excluding steroid dienone is 1. The molecule has 18 heavy (non-hydrogen) atoms. The van der Waals surface area contributed by atoms with Crippen LogP contribution in [0.1, 0.15) is 27.6 Å². The highest BCUT2D eigenvalue weighted by Crippen LogP contribution is 2.31. The second-order valence-corrected chi connectivity index (χ2v) is 5.49. The van der Waals surface area contributed by atoms with Gasteiger partial charge in [0.25, 0.3) is 0 Å². The minimum absolute atomic E-state index is 0.849. The molecule has 2 heterocycles. The molecule has 0 saturated heterocycles. The summed E-state index contributed by atoms with van der Waals surface area (Å²) in [6.07, 6.45) is 10.1. The van der Waals surface area contributed by atoms with Gasteiger partial charge in [0.2, 0.25) is 0 Å². The van der Waals surface area contributed by atoms with Gasteiger partial charge in [0.15, 0.2) is 0 Å². The molecule has 92 valence electrons. The van der Waals surface area contributed by atoms with Crippen LogP contribution >= 0.6 is 11.3 Å². The van der Waals surface area contributed by atoms with Crippen molar-refractivity contribution in [3.8, 4) is 0 Å². The maximum absolute atomic E-state index is 8.56. The smallest absolute Gasteiger partial charge is 0.111 e. The Morgan fingerprint density at radius 2 is 2.44 bits per heavy atom. The monoisotopic (exact) mass is 259 g/mol. The van der Waals surface area contributed by atoms with E-state index < -0.39 is 0 Å². The van der Waals surface area contributed by atoms with Gasteiger partial charge in [-0.3, -0.25) is 0 Å². The van der Waals surface area contributed by atoms with Crippen molar-refractivity contribution in [1.29, 1.82) is 0 Å². The molecule has 2 aromatic rings. The molecule has 2 N–H and O–H groups in total. The van der Waals surface area contributed by atoms with E-state index in [4.69, 9.17) is 5.21 Å². The lowest BCUT2D eigenvalue weighted by molar-refractivity contribution is 0.321. The van der Waals surface area contributed by atoms with Crippen LogP contribution < -0.4 is 0 Å². The summed E-state index contributed by atoms with van der Waals surface area (Å²) in [5.41, 5.74) is 2.33. The van der Waals surface area contributed by atoms with E-state index in [0.717, 1.165) is 30.7 Å². The fraction of sp³-hybridized carbons (Fsp3) is 0.231. The van der Waals surface area contributed by atoms with Crippen LogP contribution in [0.3, 0.4) is 0 Å². The highest BCUT2D eigenvalue weighted by molar-refractivity contribution is 7.12. The third-order valence-corrected chi connectivity index (χ3v) is 4.21. The van der Waals surface area contributed by atoms with Gasteiger partial charge in [-0.2, -0.15) is 0 Å². The summed E-state index contributed by atoms with van der Waals surface area (Å²) in [6, 6.07) is 2.20. The highest BCUT2D eigenvalue weighted by atomic mass is 32.1. The lowest BCUT2D eigenvalue weighted by atomic mass is 9.99. The lowest BCUT2D eigenvalue weighted by Crippen LogP contribution is -1.96. The molecule has 5 heteroatoms. The normalized spacial score (nSPS) is 14.8. The molecule has 1 aliphatic carbocycles. The number of aryl methyl sites for hydroxylation is 1. The molecule has 3 rings (SSSR count). The first-order valence-corrected chi connectivity index (χ1v) is 6.64. The van der Waals surface area contributed by atoms with Crippen LogP contribution in [-0.4, -0.2) is 21.4 Å². The first kappa shape index (κ1) is 11.2. The molecule has 0 saturated carbocycles. The number of imidazole rings is 1. The maximum Gasteiger partial charge on any atom is 0.111 e. The van der Waals surface area contributed by atoms with E-state index in [2.05, 4.69) is 27.3 Å². The van der Waals surface area contributed by atoms with Crippen LogP contribution in [0.5, 0.6) is 0 Å². The molecule has 0 fully saturated rings. The van der Waals surface area contributed by atoms with Crippen LogP contribution in [0, 0.1) is 0 Å². The largest absolute Gasteiger partial charge is 0.411 e. The second kappa shape index (κ2) is 4.78. The quantitative estimate of drug-likeness (QED) is 0.506. The van der Waals surface area contributed by atoms with Gasteiger partial charge in [-0.15, -0.1) is 11.3 Å². The zero-order valence-corrected chi connectivity index (χ0v) is 10.6. The van der Waals surface area contributed by atoms with Gasteiger partial charge in [0.05, 0.1) is 6.21 Å². The summed E-state index contributed by atoms with van der Waals surface area (Å²) in [4.78, 5) is 10.1. The Hall–Kier alpha value is -1.88. The van der Waals surface area contributed by atoms with Crippen LogP contribution in [0.15, 0.2) is 29.2 Å². The minimum Gasteiger partial charge on any atom is -0.411 e. The molecular formula is C13H13N3OS. The number of thiophene rings is 1. The van der Waals surface area contributed by atoms with Crippen molar-refractivity contribution in [2.45, 2.75) is 19.3 Å². The number of fused-ring (bicyclic) bond motifs is 1. The van der Waals surface area contributed by atoms with E-state index in [1.165, 1.54) is 21.5 Å². The number of oxime groups is 1. The molecule has 0 atom stereocenters. The number of aromatic amines is 1. The Morgan fingerprint density at radius 3 is 3.22 bits per heavy atom. The molecule has 0 aromatic carbocycles. The van der Waals surface area contributed by atoms with E-state index >= 15 is 0 Å². The maximum atomic E-state index is 8.56. The highest BCUT2D eigenvalue weighted by Gasteiger charge is 2.14. The fourth-order valence-corrected chi connectivity index (χ4v) is 3.32. The van der Waals surface area contributed by atoms with E-state index in [1.807, 2.05) is 17.5 Å². The number of hydrogen-bond donors (Lipinski definition) is 2. The third-order valence-electron chi connectivity index (χ3n) is 2.99. The summed E-state index contributed by atoms with van der Waals surface area (Å²) in [5.74, 6) is 0.995. The average Bonchev–Trinajstić information content (AvgIpc) is 2.98. The Bertz CT molecular complexity index is 596. The van der Waals surface area contributed by atoms with Crippen LogP contribution in [0.4, 0.5) is 0 Å². The summed E-state index contributed by atoms with van der Waals surface area (Å²) in [7, 11) is 0.